The first-order chi connectivity index (χ1) is 64.7. The van der Waals surface area contributed by atoms with Gasteiger partial charge < -0.3 is 42.4 Å². The standard InChI is InChI=1S/C22H21O2P.C19H15O4P.C18H20O3S2.C13H16O2.C13H10OS.C12H13NO4.C12H16O3/c1-16-14-17(2)21(18(3)15-16)22(23)25(24,19-10-6-4-7-11-19)20-12-8-5-9-13-20;20-19(16-10-4-1-5-11-16)24(21,22-17-12-6-2-7-13-17)23-18-14-8-3-9-15-18;1-20-18(21-2,14-7-11-16(23-4)12-8-14)17(19)13-5-9-15(22-3)10-6-13;14-12(11-7-3-1-4-8-11)13(15)9-5-2-6-10-13;14-13(11-7-3-1-4-8-11)15-12-9-5-2-6-10-12;1-3-16-12(15)17-13-9(2)11(14)10-7-5-4-6-8-10;1-3-14-12(15-4-2)11(13)10-8-6-5-7-9-10/h4-15H,1-3H3;1-15H;5-12H,1-4H3;1,3-4,7-8,15H,2,5-6,9-10H2;1-10H;4-8H,3H2,1-2H3;5-9,12H,3-4H2,1-2H3/b;;;;;13-9+;. The van der Waals surface area contributed by atoms with E-state index in [1.807, 2.05) is 229 Å². The number of thioether (sulfide) groups is 3. The Kier molecular flexibility index (Phi) is 44.4. The number of para-hydroxylation sites is 2. The van der Waals surface area contributed by atoms with Gasteiger partial charge in [-0.3, -0.25) is 38.4 Å². The first-order valence-electron chi connectivity index (χ1n) is 43.2. The summed E-state index contributed by atoms with van der Waals surface area (Å²) < 4.78 is 64.5. The average Bonchev–Trinajstić information content (AvgIpc) is 0.755. The third-order valence-corrected chi connectivity index (χ3v) is 27.1. The van der Waals surface area contributed by atoms with Gasteiger partial charge >= 0.3 is 13.8 Å². The van der Waals surface area contributed by atoms with Crippen molar-refractivity contribution < 1.29 is 90.2 Å². The third-order valence-electron chi connectivity index (χ3n) is 20.2. The maximum atomic E-state index is 14.2. The molecule has 0 radical (unpaired) electrons. The predicted molar refractivity (Wildman–Crippen MR) is 535 cm³/mol. The topological polar surface area (TPSA) is 277 Å². The van der Waals surface area contributed by atoms with Crippen molar-refractivity contribution in [2.24, 2.45) is 5.16 Å². The molecule has 0 atom stereocenters. The summed E-state index contributed by atoms with van der Waals surface area (Å²) in [5.74, 6) is -1.57. The maximum Gasteiger partial charge on any atom is 0.535 e. The Morgan fingerprint density at radius 2 is 0.813 bits per heavy atom. The summed E-state index contributed by atoms with van der Waals surface area (Å²) in [5, 5.41) is 14.9. The van der Waals surface area contributed by atoms with Crippen LogP contribution in [0.15, 0.2) is 384 Å². The Labute approximate surface area is 797 Å². The van der Waals surface area contributed by atoms with Gasteiger partial charge in [-0.1, -0.05) is 333 Å². The average molecular weight is 1900 g/mol. The highest BCUT2D eigenvalue weighted by atomic mass is 32.2. The van der Waals surface area contributed by atoms with Crippen molar-refractivity contribution in [3.05, 3.63) is 425 Å². The van der Waals surface area contributed by atoms with Crippen molar-refractivity contribution in [1.29, 1.82) is 0 Å². The molecule has 13 aromatic rings. The molecule has 0 spiro atoms. The van der Waals surface area contributed by atoms with E-state index in [2.05, 4.69) is 14.7 Å². The second-order valence-electron chi connectivity index (χ2n) is 29.6. The molecule has 694 valence electrons. The molecule has 0 aliphatic heterocycles. The Bertz CT molecular complexity index is 5860. The van der Waals surface area contributed by atoms with E-state index in [4.69, 9.17) is 28.0 Å². The molecular formula is C109H111NO19P2S3. The molecule has 0 unspecified atom stereocenters. The molecule has 14 rings (SSSR count). The van der Waals surface area contributed by atoms with Crippen LogP contribution in [0.5, 0.6) is 11.5 Å². The summed E-state index contributed by atoms with van der Waals surface area (Å²) in [4.78, 5) is 105. The van der Waals surface area contributed by atoms with Crippen LogP contribution in [0.3, 0.4) is 0 Å². The van der Waals surface area contributed by atoms with Crippen LogP contribution in [0, 0.1) is 20.8 Å². The lowest BCUT2D eigenvalue weighted by molar-refractivity contribution is -0.176. The van der Waals surface area contributed by atoms with E-state index in [9.17, 15) is 52.6 Å². The van der Waals surface area contributed by atoms with Gasteiger partial charge in [0.05, 0.1) is 6.61 Å². The molecule has 0 saturated heterocycles. The summed E-state index contributed by atoms with van der Waals surface area (Å²) >= 11 is 4.53. The van der Waals surface area contributed by atoms with Gasteiger partial charge in [-0.2, -0.15) is 0 Å². The van der Waals surface area contributed by atoms with Gasteiger partial charge in [0.25, 0.3) is 11.3 Å². The predicted octanol–water partition coefficient (Wildman–Crippen LogP) is 25.3. The maximum absolute atomic E-state index is 14.2. The van der Waals surface area contributed by atoms with Crippen LogP contribution in [0.25, 0.3) is 0 Å². The fraction of sp³-hybridized carbons (Fsp3) is 0.202. The zero-order valence-electron chi connectivity index (χ0n) is 76.7. The second-order valence-corrected chi connectivity index (χ2v) is 36.9. The number of Topliss-reactive ketones (excluding diaryl/α,β-unsaturated/α-hetero) is 4. The van der Waals surface area contributed by atoms with Crippen LogP contribution in [0.1, 0.15) is 155 Å². The normalized spacial score (nSPS) is 11.9. The SMILES string of the molecule is CCOC(=O)O/N=C(\C)C(=O)c1ccccc1.CCOC(OCC)C(=O)c1ccccc1.COC(OC)(C(=O)c1ccc(SC)cc1)c1ccc(SC)cc1.Cc1cc(C)c(C(=O)P(=O)(c2ccccc2)c2ccccc2)c(C)c1.O=C(Sc1ccccc1)c1ccccc1.O=C(c1ccccc1)C1(O)CCCCC1.O=C(c1ccccc1)P(=O)(Oc1ccccc1)Oc1ccccc1. The highest BCUT2D eigenvalue weighted by molar-refractivity contribution is 8.14. The highest BCUT2D eigenvalue weighted by Gasteiger charge is 2.43. The number of oxime groups is 1. The van der Waals surface area contributed by atoms with Gasteiger partial charge in [-0.25, -0.2) is 9.36 Å². The highest BCUT2D eigenvalue weighted by Crippen LogP contribution is 2.52. The fourth-order valence-corrected chi connectivity index (χ4v) is 19.2. The van der Waals surface area contributed by atoms with Crippen LogP contribution in [0.2, 0.25) is 0 Å². The molecule has 13 aromatic carbocycles. The minimum atomic E-state index is -4.11. The van der Waals surface area contributed by atoms with Crippen molar-refractivity contribution in [3.63, 3.8) is 0 Å². The van der Waals surface area contributed by atoms with Crippen LogP contribution in [-0.2, 0) is 43.4 Å². The third kappa shape index (κ3) is 31.8. The monoisotopic (exact) mass is 1900 g/mol. The van der Waals surface area contributed by atoms with E-state index in [0.29, 0.717) is 81.5 Å². The Hall–Kier alpha value is -12.6. The van der Waals surface area contributed by atoms with E-state index in [-0.39, 0.29) is 51.7 Å². The van der Waals surface area contributed by atoms with Crippen molar-refractivity contribution in [2.45, 2.75) is 113 Å². The molecule has 1 aliphatic carbocycles. The number of ether oxygens (including phenoxy) is 5. The van der Waals surface area contributed by atoms with Crippen LogP contribution < -0.4 is 19.7 Å². The van der Waals surface area contributed by atoms with Gasteiger partial charge in [-0.15, -0.1) is 23.5 Å². The molecule has 20 nitrogen and oxygen atoms in total. The van der Waals surface area contributed by atoms with Gasteiger partial charge in [0.2, 0.25) is 41.4 Å². The number of carbonyl (C=O) groups is 8. The van der Waals surface area contributed by atoms with Crippen molar-refractivity contribution in [2.75, 3.05) is 46.6 Å². The number of carbonyl (C=O) groups excluding carboxylic acids is 8. The molecule has 134 heavy (non-hydrogen) atoms. The summed E-state index contributed by atoms with van der Waals surface area (Å²) in [6.45, 7) is 13.7. The number of aliphatic hydroxyl groups is 1. The van der Waals surface area contributed by atoms with E-state index >= 15 is 0 Å². The molecule has 0 bridgehead atoms. The summed E-state index contributed by atoms with van der Waals surface area (Å²) in [7, 11) is -4.59. The largest absolute Gasteiger partial charge is 0.535 e. The molecule has 0 aromatic heterocycles. The van der Waals surface area contributed by atoms with E-state index in [1.165, 1.54) is 32.9 Å². The number of nitrogens with zero attached hydrogens (tertiary/aromatic N) is 1. The first kappa shape index (κ1) is 107. The van der Waals surface area contributed by atoms with Crippen LogP contribution >= 0.6 is 50.0 Å². The fourth-order valence-electron chi connectivity index (χ4n) is 13.6. The lowest BCUT2D eigenvalue weighted by atomic mass is 9.79. The summed E-state index contributed by atoms with van der Waals surface area (Å²) in [6, 6.07) is 108. The van der Waals surface area contributed by atoms with E-state index < -0.39 is 44.1 Å². The summed E-state index contributed by atoms with van der Waals surface area (Å²) in [6.07, 6.45) is 6.57. The molecule has 1 aliphatic rings. The quantitative estimate of drug-likeness (QED) is 0.00617. The number of ketones is 4. The lowest BCUT2D eigenvalue weighted by Gasteiger charge is -2.30. The zero-order valence-corrected chi connectivity index (χ0v) is 81.0. The zero-order chi connectivity index (χ0) is 96.7. The smallest absolute Gasteiger partial charge is 0.433 e. The molecule has 1 fully saturated rings. The number of aryl methyl sites for hydroxylation is 3. The van der Waals surface area contributed by atoms with Gasteiger partial charge in [0.15, 0.2) is 5.78 Å². The van der Waals surface area contributed by atoms with Crippen LogP contribution in [-0.4, -0.2) is 115 Å². The van der Waals surface area contributed by atoms with Crippen LogP contribution in [0.4, 0.5) is 4.79 Å². The van der Waals surface area contributed by atoms with Gasteiger partial charge in [-0.05, 0) is 157 Å². The van der Waals surface area contributed by atoms with Crippen molar-refractivity contribution in [1.82, 2.24) is 0 Å². The Balaban J connectivity index is 0.000000194. The van der Waals surface area contributed by atoms with E-state index in [0.717, 1.165) is 56.2 Å². The van der Waals surface area contributed by atoms with Gasteiger partial charge in [0, 0.05) is 97.2 Å². The minimum absolute atomic E-state index is 0.0850. The number of benzene rings is 13. The van der Waals surface area contributed by atoms with Crippen molar-refractivity contribution >= 4 is 112 Å². The molecule has 1 N–H and O–H groups in total. The van der Waals surface area contributed by atoms with E-state index in [1.54, 1.807) is 212 Å². The molecule has 0 amide bonds. The Morgan fingerprint density at radius 1 is 0.433 bits per heavy atom. The molecule has 25 heteroatoms. The number of hydrogen-bond acceptors (Lipinski definition) is 23. The number of hydrogen-bond donors (Lipinski definition) is 1. The first-order valence-corrected chi connectivity index (χ1v) is 49.7. The second kappa shape index (κ2) is 55.8. The molecular weight excluding hydrogens is 1790 g/mol. The molecule has 0 heterocycles. The number of methoxy groups -OCH3 is 2. The molecule has 1 saturated carbocycles. The van der Waals surface area contributed by atoms with Crippen molar-refractivity contribution in [3.8, 4) is 11.5 Å². The van der Waals surface area contributed by atoms with Gasteiger partial charge in [0.1, 0.15) is 22.8 Å². The Morgan fingerprint density at radius 3 is 1.22 bits per heavy atom. The minimum Gasteiger partial charge on any atom is -0.433 e. The lowest BCUT2D eigenvalue weighted by Crippen LogP contribution is -2.40. The summed E-state index contributed by atoms with van der Waals surface area (Å²) in [5.41, 5.74) is 5.40. The number of rotatable bonds is 31.